The summed E-state index contributed by atoms with van der Waals surface area (Å²) in [5.41, 5.74) is 0.848. The quantitative estimate of drug-likeness (QED) is 0.583. The fourth-order valence-corrected chi connectivity index (χ4v) is 2.28. The van der Waals surface area contributed by atoms with Gasteiger partial charge in [0, 0.05) is 5.54 Å². The van der Waals surface area contributed by atoms with E-state index in [1.165, 1.54) is 25.9 Å². The molecule has 1 aliphatic heterocycles. The Bertz CT molecular complexity index is 158. The lowest BCUT2D eigenvalue weighted by Crippen LogP contribution is -2.57. The second-order valence-corrected chi connectivity index (χ2v) is 5.13. The standard InChI is InChI=1S/C11H23N/c1-6-12-9-7-8-10(2,3)11(12,4)5/h6-9H2,1-5H3. The molecule has 0 aromatic rings. The van der Waals surface area contributed by atoms with Crippen molar-refractivity contribution in [3.05, 3.63) is 0 Å². The Morgan fingerprint density at radius 3 is 2.17 bits per heavy atom. The summed E-state index contributed by atoms with van der Waals surface area (Å²) >= 11 is 0. The van der Waals surface area contributed by atoms with Crippen molar-refractivity contribution >= 4 is 0 Å². The maximum Gasteiger partial charge on any atom is 0.0204 e. The first-order chi connectivity index (χ1) is 5.42. The highest BCUT2D eigenvalue weighted by Gasteiger charge is 2.43. The van der Waals surface area contributed by atoms with E-state index in [1.807, 2.05) is 0 Å². The molecule has 0 radical (unpaired) electrons. The van der Waals surface area contributed by atoms with Crippen LogP contribution >= 0.6 is 0 Å². The molecule has 0 N–H and O–H groups in total. The van der Waals surface area contributed by atoms with Crippen LogP contribution in [0.5, 0.6) is 0 Å². The maximum atomic E-state index is 2.61. The van der Waals surface area contributed by atoms with E-state index in [4.69, 9.17) is 0 Å². The molecule has 0 aromatic heterocycles. The summed E-state index contributed by atoms with van der Waals surface area (Å²) in [7, 11) is 0. The van der Waals surface area contributed by atoms with Crippen molar-refractivity contribution in [2.24, 2.45) is 5.41 Å². The summed E-state index contributed by atoms with van der Waals surface area (Å²) in [6, 6.07) is 0. The molecular formula is C11H23N. The summed E-state index contributed by atoms with van der Waals surface area (Å²) in [6.45, 7) is 14.3. The Kier molecular flexibility index (Phi) is 2.53. The van der Waals surface area contributed by atoms with Gasteiger partial charge in [0.2, 0.25) is 0 Å². The molecule has 0 unspecified atom stereocenters. The number of piperidine rings is 1. The van der Waals surface area contributed by atoms with Crippen molar-refractivity contribution in [3.8, 4) is 0 Å². The van der Waals surface area contributed by atoms with Crippen LogP contribution < -0.4 is 0 Å². The first kappa shape index (κ1) is 10.0. The Balaban J connectivity index is 2.82. The van der Waals surface area contributed by atoms with Crippen LogP contribution in [0.4, 0.5) is 0 Å². The van der Waals surface area contributed by atoms with Gasteiger partial charge in [0.1, 0.15) is 0 Å². The van der Waals surface area contributed by atoms with Crippen LogP contribution in [0.3, 0.4) is 0 Å². The van der Waals surface area contributed by atoms with Gasteiger partial charge in [-0.25, -0.2) is 0 Å². The smallest absolute Gasteiger partial charge is 0.0204 e. The molecule has 1 rings (SSSR count). The van der Waals surface area contributed by atoms with Gasteiger partial charge in [-0.05, 0) is 45.2 Å². The summed E-state index contributed by atoms with van der Waals surface area (Å²) in [6.07, 6.45) is 2.74. The van der Waals surface area contributed by atoms with E-state index < -0.39 is 0 Å². The normalized spacial score (nSPS) is 28.8. The van der Waals surface area contributed by atoms with Crippen molar-refractivity contribution in [1.82, 2.24) is 4.90 Å². The molecule has 1 heterocycles. The first-order valence-corrected chi connectivity index (χ1v) is 5.17. The second-order valence-electron chi connectivity index (χ2n) is 5.13. The van der Waals surface area contributed by atoms with Crippen LogP contribution in [0.25, 0.3) is 0 Å². The summed E-state index contributed by atoms with van der Waals surface area (Å²) in [5, 5.41) is 0. The van der Waals surface area contributed by atoms with Gasteiger partial charge in [0.05, 0.1) is 0 Å². The van der Waals surface area contributed by atoms with Gasteiger partial charge in [-0.2, -0.15) is 0 Å². The molecule has 0 bridgehead atoms. The Morgan fingerprint density at radius 1 is 1.17 bits per heavy atom. The van der Waals surface area contributed by atoms with Crippen LogP contribution in [0.15, 0.2) is 0 Å². The van der Waals surface area contributed by atoms with Gasteiger partial charge in [-0.3, -0.25) is 4.90 Å². The summed E-state index contributed by atoms with van der Waals surface area (Å²) in [4.78, 5) is 2.61. The van der Waals surface area contributed by atoms with Crippen molar-refractivity contribution in [1.29, 1.82) is 0 Å². The van der Waals surface area contributed by atoms with E-state index in [2.05, 4.69) is 39.5 Å². The molecule has 12 heavy (non-hydrogen) atoms. The molecule has 0 saturated carbocycles. The van der Waals surface area contributed by atoms with E-state index >= 15 is 0 Å². The van der Waals surface area contributed by atoms with Gasteiger partial charge in [0.15, 0.2) is 0 Å². The topological polar surface area (TPSA) is 3.24 Å². The number of likely N-dealkylation sites (tertiary alicyclic amines) is 1. The Morgan fingerprint density at radius 2 is 1.75 bits per heavy atom. The third-order valence-corrected chi connectivity index (χ3v) is 4.06. The van der Waals surface area contributed by atoms with E-state index in [9.17, 15) is 0 Å². The second kappa shape index (κ2) is 3.02. The van der Waals surface area contributed by atoms with Gasteiger partial charge in [0.25, 0.3) is 0 Å². The highest BCUT2D eigenvalue weighted by molar-refractivity contribution is 4.97. The van der Waals surface area contributed by atoms with Gasteiger partial charge >= 0.3 is 0 Å². The average molecular weight is 169 g/mol. The zero-order chi connectivity index (χ0) is 9.41. The minimum absolute atomic E-state index is 0.375. The van der Waals surface area contributed by atoms with Crippen LogP contribution in [0.1, 0.15) is 47.5 Å². The number of hydrogen-bond acceptors (Lipinski definition) is 1. The molecule has 1 saturated heterocycles. The molecular weight excluding hydrogens is 146 g/mol. The highest BCUT2D eigenvalue weighted by Crippen LogP contribution is 2.42. The molecule has 0 spiro atoms. The molecule has 0 atom stereocenters. The van der Waals surface area contributed by atoms with Crippen molar-refractivity contribution in [3.63, 3.8) is 0 Å². The number of hydrogen-bond donors (Lipinski definition) is 0. The van der Waals surface area contributed by atoms with E-state index in [0.717, 1.165) is 0 Å². The minimum atomic E-state index is 0.375. The molecule has 1 aliphatic rings. The van der Waals surface area contributed by atoms with Crippen LogP contribution in [-0.2, 0) is 0 Å². The Hall–Kier alpha value is -0.0400. The predicted molar refractivity (Wildman–Crippen MR) is 54.3 cm³/mol. The van der Waals surface area contributed by atoms with E-state index in [0.29, 0.717) is 11.0 Å². The molecule has 1 nitrogen and oxygen atoms in total. The van der Waals surface area contributed by atoms with Crippen LogP contribution in [-0.4, -0.2) is 23.5 Å². The molecule has 1 heteroatoms. The molecule has 0 aromatic carbocycles. The minimum Gasteiger partial charge on any atom is -0.298 e. The predicted octanol–water partition coefficient (Wildman–Crippen LogP) is 2.91. The molecule has 1 fully saturated rings. The molecule has 72 valence electrons. The van der Waals surface area contributed by atoms with Crippen LogP contribution in [0.2, 0.25) is 0 Å². The lowest BCUT2D eigenvalue weighted by Gasteiger charge is -2.53. The molecule has 0 aliphatic carbocycles. The Labute approximate surface area is 77.1 Å². The average Bonchev–Trinajstić information content (AvgIpc) is 1.95. The highest BCUT2D eigenvalue weighted by atomic mass is 15.2. The monoisotopic (exact) mass is 169 g/mol. The largest absolute Gasteiger partial charge is 0.298 e. The lowest BCUT2D eigenvalue weighted by molar-refractivity contribution is -0.0268. The van der Waals surface area contributed by atoms with Crippen molar-refractivity contribution in [2.75, 3.05) is 13.1 Å². The van der Waals surface area contributed by atoms with Gasteiger partial charge < -0.3 is 0 Å². The fraction of sp³-hybridized carbons (Fsp3) is 1.00. The first-order valence-electron chi connectivity index (χ1n) is 5.17. The van der Waals surface area contributed by atoms with E-state index in [1.54, 1.807) is 0 Å². The van der Waals surface area contributed by atoms with Crippen molar-refractivity contribution < 1.29 is 0 Å². The summed E-state index contributed by atoms with van der Waals surface area (Å²) in [5.74, 6) is 0. The van der Waals surface area contributed by atoms with Gasteiger partial charge in [-0.1, -0.05) is 20.8 Å². The van der Waals surface area contributed by atoms with Crippen LogP contribution in [0, 0.1) is 5.41 Å². The fourth-order valence-electron chi connectivity index (χ4n) is 2.28. The number of nitrogens with zero attached hydrogens (tertiary/aromatic N) is 1. The maximum absolute atomic E-state index is 2.61. The zero-order valence-electron chi connectivity index (χ0n) is 9.28. The lowest BCUT2D eigenvalue weighted by atomic mass is 9.68. The number of rotatable bonds is 1. The summed E-state index contributed by atoms with van der Waals surface area (Å²) < 4.78 is 0. The SMILES string of the molecule is CCN1CCCC(C)(C)C1(C)C. The molecule has 0 amide bonds. The third kappa shape index (κ3) is 1.39. The zero-order valence-corrected chi connectivity index (χ0v) is 9.28. The third-order valence-electron chi connectivity index (χ3n) is 4.06. The van der Waals surface area contributed by atoms with Gasteiger partial charge in [-0.15, -0.1) is 0 Å². The van der Waals surface area contributed by atoms with Crippen molar-refractivity contribution in [2.45, 2.75) is 53.0 Å². The van der Waals surface area contributed by atoms with E-state index in [-0.39, 0.29) is 0 Å².